The van der Waals surface area contributed by atoms with Crippen LogP contribution in [0.2, 0.25) is 0 Å². The Kier molecular flexibility index (Phi) is 9.02. The minimum absolute atomic E-state index is 0.127. The van der Waals surface area contributed by atoms with E-state index in [1.165, 1.54) is 18.2 Å². The van der Waals surface area contributed by atoms with Crippen molar-refractivity contribution in [3.63, 3.8) is 0 Å². The van der Waals surface area contributed by atoms with Crippen molar-refractivity contribution in [2.75, 3.05) is 18.4 Å². The van der Waals surface area contributed by atoms with E-state index in [4.69, 9.17) is 10.00 Å². The highest BCUT2D eigenvalue weighted by atomic mass is 19.1. The number of anilines is 1. The van der Waals surface area contributed by atoms with Crippen molar-refractivity contribution in [3.8, 4) is 6.07 Å². The van der Waals surface area contributed by atoms with Crippen LogP contribution in [-0.4, -0.2) is 30.7 Å². The molecule has 0 unspecified atom stereocenters. The molecule has 0 saturated carbocycles. The maximum atomic E-state index is 14.0. The van der Waals surface area contributed by atoms with E-state index in [1.807, 2.05) is 58.0 Å². The molecule has 7 nitrogen and oxygen atoms in total. The smallest absolute Gasteiger partial charge is 0.412 e. The van der Waals surface area contributed by atoms with Gasteiger partial charge in [0.25, 0.3) is 0 Å². The van der Waals surface area contributed by atoms with Gasteiger partial charge >= 0.3 is 6.09 Å². The molecule has 32 heavy (non-hydrogen) atoms. The molecule has 3 N–H and O–H groups in total. The number of carbonyl (C=O) groups excluding carboxylic acids is 1. The van der Waals surface area contributed by atoms with E-state index in [0.717, 1.165) is 12.0 Å². The number of hydrogen-bond acceptors (Lipinski definition) is 4. The molecule has 0 atom stereocenters. The molecule has 1 amide bonds. The van der Waals surface area contributed by atoms with E-state index in [9.17, 15) is 9.18 Å². The van der Waals surface area contributed by atoms with E-state index in [0.29, 0.717) is 35.9 Å². The summed E-state index contributed by atoms with van der Waals surface area (Å²) in [5, 5.41) is 18.0. The lowest BCUT2D eigenvalue weighted by Gasteiger charge is -2.19. The summed E-state index contributed by atoms with van der Waals surface area (Å²) in [4.78, 5) is 16.3. The zero-order valence-corrected chi connectivity index (χ0v) is 19.0. The van der Waals surface area contributed by atoms with E-state index in [-0.39, 0.29) is 12.4 Å². The maximum Gasteiger partial charge on any atom is 0.412 e. The summed E-state index contributed by atoms with van der Waals surface area (Å²) < 4.78 is 19.2. The van der Waals surface area contributed by atoms with Crippen molar-refractivity contribution in [3.05, 3.63) is 65.0 Å². The third-order valence-electron chi connectivity index (χ3n) is 4.23. The lowest BCUT2D eigenvalue weighted by Crippen LogP contribution is -2.38. The van der Waals surface area contributed by atoms with Gasteiger partial charge in [-0.05, 0) is 70.0 Å². The van der Waals surface area contributed by atoms with Crippen molar-refractivity contribution in [2.45, 2.75) is 46.3 Å². The summed E-state index contributed by atoms with van der Waals surface area (Å²) in [5.74, 6) is 0.182. The monoisotopic (exact) mass is 439 g/mol. The molecule has 2 rings (SSSR count). The normalized spacial score (nSPS) is 11.4. The van der Waals surface area contributed by atoms with Crippen LogP contribution in [0, 0.1) is 17.1 Å². The Morgan fingerprint density at radius 2 is 1.88 bits per heavy atom. The van der Waals surface area contributed by atoms with Gasteiger partial charge in [0.1, 0.15) is 11.4 Å². The third kappa shape index (κ3) is 8.64. The number of rotatable bonds is 7. The highest BCUT2D eigenvalue weighted by molar-refractivity contribution is 5.84. The molecule has 0 bridgehead atoms. The van der Waals surface area contributed by atoms with Crippen molar-refractivity contribution in [1.82, 2.24) is 10.6 Å². The zero-order valence-electron chi connectivity index (χ0n) is 19.0. The molecule has 0 heterocycles. The number of ether oxygens (including phenoxy) is 1. The second-order valence-corrected chi connectivity index (χ2v) is 8.11. The van der Waals surface area contributed by atoms with E-state index >= 15 is 0 Å². The van der Waals surface area contributed by atoms with Crippen LogP contribution in [0.4, 0.5) is 14.9 Å². The Labute approximate surface area is 188 Å². The Balaban J connectivity index is 1.89. The van der Waals surface area contributed by atoms with E-state index < -0.39 is 11.7 Å². The molecule has 0 aliphatic rings. The number of nitriles is 1. The first-order valence-electron chi connectivity index (χ1n) is 10.5. The number of nitrogens with one attached hydrogen (secondary N) is 3. The largest absolute Gasteiger partial charge is 0.444 e. The standard InChI is InChI=1S/C24H30FN5O2/c1-5-27-22(29-16-19-14-18(15-26)8-11-21(19)25)28-13-12-17-6-9-20(10-7-17)30-23(31)32-24(2,3)4/h6-11,14H,5,12-13,16H2,1-4H3,(H,30,31)(H2,27,28,29). The molecule has 0 fully saturated rings. The number of benzene rings is 2. The van der Waals surface area contributed by atoms with Crippen LogP contribution in [0.15, 0.2) is 47.5 Å². The second-order valence-electron chi connectivity index (χ2n) is 8.11. The summed E-state index contributed by atoms with van der Waals surface area (Å²) >= 11 is 0. The average Bonchev–Trinajstić information content (AvgIpc) is 2.73. The molecule has 0 aliphatic carbocycles. The number of amides is 1. The van der Waals surface area contributed by atoms with Gasteiger partial charge in [0.2, 0.25) is 0 Å². The SMILES string of the molecule is CCNC(=NCc1cc(C#N)ccc1F)NCCc1ccc(NC(=O)OC(C)(C)C)cc1. The molecular formula is C24H30FN5O2. The number of hydrogen-bond donors (Lipinski definition) is 3. The third-order valence-corrected chi connectivity index (χ3v) is 4.23. The van der Waals surface area contributed by atoms with Crippen molar-refractivity contribution < 1.29 is 13.9 Å². The van der Waals surface area contributed by atoms with Gasteiger partial charge in [-0.1, -0.05) is 12.1 Å². The number of guanidine groups is 1. The summed E-state index contributed by atoms with van der Waals surface area (Å²) in [7, 11) is 0. The lowest BCUT2D eigenvalue weighted by molar-refractivity contribution is 0.0636. The highest BCUT2D eigenvalue weighted by Gasteiger charge is 2.16. The van der Waals surface area contributed by atoms with Gasteiger partial charge in [0.15, 0.2) is 5.96 Å². The summed E-state index contributed by atoms with van der Waals surface area (Å²) in [5.41, 5.74) is 1.96. The predicted molar refractivity (Wildman–Crippen MR) is 124 cm³/mol. The minimum atomic E-state index is -0.550. The number of nitrogens with zero attached hydrogens (tertiary/aromatic N) is 2. The van der Waals surface area contributed by atoms with Crippen LogP contribution in [-0.2, 0) is 17.7 Å². The van der Waals surface area contributed by atoms with Crippen LogP contribution in [0.25, 0.3) is 0 Å². The molecule has 0 aliphatic heterocycles. The van der Waals surface area contributed by atoms with Crippen LogP contribution in [0.5, 0.6) is 0 Å². The van der Waals surface area contributed by atoms with E-state index in [2.05, 4.69) is 20.9 Å². The highest BCUT2D eigenvalue weighted by Crippen LogP contribution is 2.13. The molecule has 8 heteroatoms. The van der Waals surface area contributed by atoms with Gasteiger partial charge in [0, 0.05) is 24.3 Å². The Bertz CT molecular complexity index is 975. The molecule has 170 valence electrons. The average molecular weight is 440 g/mol. The minimum Gasteiger partial charge on any atom is -0.444 e. The Morgan fingerprint density at radius 1 is 1.16 bits per heavy atom. The Hall–Kier alpha value is -3.60. The van der Waals surface area contributed by atoms with E-state index in [1.54, 1.807) is 0 Å². The fourth-order valence-electron chi connectivity index (χ4n) is 2.77. The summed E-state index contributed by atoms with van der Waals surface area (Å²) in [6, 6.07) is 13.8. The van der Waals surface area contributed by atoms with Gasteiger partial charge in [0.05, 0.1) is 18.2 Å². The summed E-state index contributed by atoms with van der Waals surface area (Å²) in [6.45, 7) is 8.80. The fraction of sp³-hybridized carbons (Fsp3) is 0.375. The molecule has 0 aromatic heterocycles. The van der Waals surface area contributed by atoms with Crippen molar-refractivity contribution in [1.29, 1.82) is 5.26 Å². The zero-order chi connectivity index (χ0) is 23.6. The lowest BCUT2D eigenvalue weighted by atomic mass is 10.1. The molecule has 0 spiro atoms. The molecular weight excluding hydrogens is 409 g/mol. The van der Waals surface area contributed by atoms with Crippen LogP contribution in [0.1, 0.15) is 44.4 Å². The molecule has 2 aromatic carbocycles. The number of halogens is 1. The van der Waals surface area contributed by atoms with Gasteiger partial charge in [-0.2, -0.15) is 5.26 Å². The van der Waals surface area contributed by atoms with Gasteiger partial charge in [-0.25, -0.2) is 14.2 Å². The first-order chi connectivity index (χ1) is 15.2. The van der Waals surface area contributed by atoms with Gasteiger partial charge < -0.3 is 15.4 Å². The topological polar surface area (TPSA) is 98.5 Å². The van der Waals surface area contributed by atoms with Gasteiger partial charge in [-0.3, -0.25) is 5.32 Å². The van der Waals surface area contributed by atoms with Crippen molar-refractivity contribution >= 4 is 17.7 Å². The Morgan fingerprint density at radius 3 is 2.50 bits per heavy atom. The number of aliphatic imine (C=N–C) groups is 1. The molecule has 0 radical (unpaired) electrons. The second kappa shape index (κ2) is 11.7. The van der Waals surface area contributed by atoms with Crippen LogP contribution in [0.3, 0.4) is 0 Å². The molecule has 2 aromatic rings. The molecule has 0 saturated heterocycles. The fourth-order valence-corrected chi connectivity index (χ4v) is 2.77. The summed E-state index contributed by atoms with van der Waals surface area (Å²) in [6.07, 6.45) is 0.241. The quantitative estimate of drug-likeness (QED) is 0.440. The van der Waals surface area contributed by atoms with Crippen LogP contribution < -0.4 is 16.0 Å². The number of carbonyl (C=O) groups is 1. The first-order valence-corrected chi connectivity index (χ1v) is 10.5. The first kappa shape index (κ1) is 24.7. The van der Waals surface area contributed by atoms with Crippen molar-refractivity contribution in [2.24, 2.45) is 4.99 Å². The van der Waals surface area contributed by atoms with Crippen LogP contribution >= 0.6 is 0 Å². The predicted octanol–water partition coefficient (Wildman–Crippen LogP) is 4.34. The van der Waals surface area contributed by atoms with Gasteiger partial charge in [-0.15, -0.1) is 0 Å². The maximum absolute atomic E-state index is 14.0.